The molecule has 1 aromatic carbocycles. The highest BCUT2D eigenvalue weighted by Crippen LogP contribution is 2.35. The summed E-state index contributed by atoms with van der Waals surface area (Å²) in [7, 11) is 0. The quantitative estimate of drug-likeness (QED) is 0.904. The van der Waals surface area contributed by atoms with Crippen molar-refractivity contribution in [1.82, 2.24) is 5.32 Å². The lowest BCUT2D eigenvalue weighted by Gasteiger charge is -2.35. The van der Waals surface area contributed by atoms with E-state index in [1.165, 1.54) is 12.8 Å². The van der Waals surface area contributed by atoms with Crippen molar-refractivity contribution in [2.75, 3.05) is 24.5 Å². The maximum atomic E-state index is 12.9. The van der Waals surface area contributed by atoms with Crippen molar-refractivity contribution in [3.63, 3.8) is 0 Å². The van der Waals surface area contributed by atoms with Gasteiger partial charge < -0.3 is 15.0 Å². The van der Waals surface area contributed by atoms with Crippen LogP contribution in [-0.4, -0.2) is 31.6 Å². The van der Waals surface area contributed by atoms with Gasteiger partial charge in [-0.3, -0.25) is 4.79 Å². The van der Waals surface area contributed by atoms with Crippen LogP contribution in [0.4, 0.5) is 5.69 Å². The summed E-state index contributed by atoms with van der Waals surface area (Å²) in [5.41, 5.74) is 2.08. The lowest BCUT2D eigenvalue weighted by molar-refractivity contribution is -0.120. The number of ether oxygens (including phenoxy) is 1. The minimum Gasteiger partial charge on any atom is -0.487 e. The number of carbonyl (C=O) groups is 1. The van der Waals surface area contributed by atoms with Crippen molar-refractivity contribution < 1.29 is 9.53 Å². The van der Waals surface area contributed by atoms with E-state index < -0.39 is 0 Å². The molecule has 0 aromatic heterocycles. The second-order valence-corrected chi connectivity index (χ2v) is 7.19. The smallest absolute Gasteiger partial charge is 0.227 e. The Kier molecular flexibility index (Phi) is 6.53. The van der Waals surface area contributed by atoms with E-state index in [1.54, 1.807) is 0 Å². The number of anilines is 1. The molecule has 1 aromatic rings. The lowest BCUT2D eigenvalue weighted by atomic mass is 9.85. The Morgan fingerprint density at radius 2 is 2.25 bits per heavy atom. The molecule has 1 saturated heterocycles. The van der Waals surface area contributed by atoms with Crippen LogP contribution >= 0.6 is 12.4 Å². The van der Waals surface area contributed by atoms with Gasteiger partial charge in [0, 0.05) is 6.42 Å². The molecule has 3 unspecified atom stereocenters. The zero-order chi connectivity index (χ0) is 16.4. The largest absolute Gasteiger partial charge is 0.487 e. The number of aryl methyl sites for hydroxylation is 1. The fourth-order valence-electron chi connectivity index (χ4n) is 3.70. The van der Waals surface area contributed by atoms with E-state index in [9.17, 15) is 4.79 Å². The van der Waals surface area contributed by atoms with E-state index in [1.807, 2.05) is 36.9 Å². The lowest BCUT2D eigenvalue weighted by Crippen LogP contribution is -2.43. The van der Waals surface area contributed by atoms with Crippen molar-refractivity contribution in [2.24, 2.45) is 11.8 Å². The fourth-order valence-corrected chi connectivity index (χ4v) is 3.70. The predicted molar refractivity (Wildman–Crippen MR) is 100 cm³/mol. The van der Waals surface area contributed by atoms with Crippen LogP contribution < -0.4 is 15.0 Å². The highest BCUT2D eigenvalue weighted by atomic mass is 35.5. The maximum absolute atomic E-state index is 12.9. The van der Waals surface area contributed by atoms with Crippen LogP contribution in [0.5, 0.6) is 5.75 Å². The molecule has 5 heteroatoms. The van der Waals surface area contributed by atoms with Crippen molar-refractivity contribution in [3.05, 3.63) is 23.8 Å². The molecule has 134 valence electrons. The molecule has 4 nitrogen and oxygen atoms in total. The first-order chi connectivity index (χ1) is 11.0. The molecule has 3 atom stereocenters. The first-order valence-electron chi connectivity index (χ1n) is 8.83. The van der Waals surface area contributed by atoms with Crippen molar-refractivity contribution in [1.29, 1.82) is 0 Å². The van der Waals surface area contributed by atoms with Gasteiger partial charge in [0.05, 0.1) is 12.2 Å². The van der Waals surface area contributed by atoms with E-state index in [0.717, 1.165) is 30.1 Å². The zero-order valence-electron chi connectivity index (χ0n) is 14.9. The third kappa shape index (κ3) is 4.22. The topological polar surface area (TPSA) is 41.6 Å². The second kappa shape index (κ2) is 8.21. The average Bonchev–Trinajstić information content (AvgIpc) is 2.54. The van der Waals surface area contributed by atoms with Gasteiger partial charge in [-0.2, -0.15) is 0 Å². The van der Waals surface area contributed by atoms with Gasteiger partial charge in [-0.15, -0.1) is 12.4 Å². The number of nitrogens with one attached hydrogen (secondary N) is 1. The van der Waals surface area contributed by atoms with Crippen LogP contribution in [0.2, 0.25) is 0 Å². The van der Waals surface area contributed by atoms with Crippen molar-refractivity contribution in [2.45, 2.75) is 46.1 Å². The Labute approximate surface area is 151 Å². The van der Waals surface area contributed by atoms with Gasteiger partial charge in [0.25, 0.3) is 0 Å². The Balaban J connectivity index is 0.00000208. The van der Waals surface area contributed by atoms with E-state index in [0.29, 0.717) is 24.8 Å². The van der Waals surface area contributed by atoms with Gasteiger partial charge in [-0.05, 0) is 69.3 Å². The molecule has 1 N–H and O–H groups in total. The van der Waals surface area contributed by atoms with Crippen molar-refractivity contribution in [3.8, 4) is 5.75 Å². The Bertz CT molecular complexity index is 572. The standard InChI is InChI=1S/C19H28N2O2.ClH/c1-13-6-7-17-18(9-13)23-15(3)12-21(17)19(22)10-14(2)16-5-4-8-20-11-16;/h6-7,9,14-16,20H,4-5,8,10-12H2,1-3H3;1H. The summed E-state index contributed by atoms with van der Waals surface area (Å²) in [6.07, 6.45) is 3.11. The monoisotopic (exact) mass is 352 g/mol. The summed E-state index contributed by atoms with van der Waals surface area (Å²) in [5, 5.41) is 3.45. The Morgan fingerprint density at radius 1 is 1.46 bits per heavy atom. The van der Waals surface area contributed by atoms with Gasteiger partial charge >= 0.3 is 0 Å². The molecule has 24 heavy (non-hydrogen) atoms. The molecule has 2 heterocycles. The molecule has 0 saturated carbocycles. The summed E-state index contributed by atoms with van der Waals surface area (Å²) in [6.45, 7) is 9.10. The van der Waals surface area contributed by atoms with Crippen LogP contribution in [0.15, 0.2) is 18.2 Å². The minimum absolute atomic E-state index is 0. The molecule has 2 aliphatic heterocycles. The molecule has 3 rings (SSSR count). The van der Waals surface area contributed by atoms with Gasteiger partial charge in [0.1, 0.15) is 11.9 Å². The number of amides is 1. The number of nitrogens with zero attached hydrogens (tertiary/aromatic N) is 1. The van der Waals surface area contributed by atoms with Gasteiger partial charge in [0.15, 0.2) is 0 Å². The van der Waals surface area contributed by atoms with Gasteiger partial charge in [0.2, 0.25) is 5.91 Å². The average molecular weight is 353 g/mol. The van der Waals surface area contributed by atoms with E-state index in [4.69, 9.17) is 4.74 Å². The fraction of sp³-hybridized carbons (Fsp3) is 0.632. The highest BCUT2D eigenvalue weighted by molar-refractivity contribution is 5.95. The Hall–Kier alpha value is -1.26. The number of rotatable bonds is 3. The number of hydrogen-bond donors (Lipinski definition) is 1. The number of piperidine rings is 1. The summed E-state index contributed by atoms with van der Waals surface area (Å²) < 4.78 is 5.91. The Morgan fingerprint density at radius 3 is 2.96 bits per heavy atom. The van der Waals surface area contributed by atoms with Crippen LogP contribution in [-0.2, 0) is 4.79 Å². The molecule has 0 radical (unpaired) electrons. The van der Waals surface area contributed by atoms with Crippen LogP contribution in [0.3, 0.4) is 0 Å². The SMILES string of the molecule is Cc1ccc2c(c1)OC(C)CN2C(=O)CC(C)C1CCCNC1.Cl. The summed E-state index contributed by atoms with van der Waals surface area (Å²) in [6, 6.07) is 6.09. The molecule has 0 bridgehead atoms. The first kappa shape index (κ1) is 19.1. The normalized spacial score (nSPS) is 24.4. The number of hydrogen-bond acceptors (Lipinski definition) is 3. The molecule has 1 amide bonds. The third-order valence-electron chi connectivity index (χ3n) is 5.11. The van der Waals surface area contributed by atoms with Crippen molar-refractivity contribution >= 4 is 24.0 Å². The number of halogens is 1. The van der Waals surface area contributed by atoms with Gasteiger partial charge in [-0.1, -0.05) is 13.0 Å². The molecule has 1 fully saturated rings. The van der Waals surface area contributed by atoms with E-state index >= 15 is 0 Å². The summed E-state index contributed by atoms with van der Waals surface area (Å²) in [4.78, 5) is 14.8. The second-order valence-electron chi connectivity index (χ2n) is 7.19. The summed E-state index contributed by atoms with van der Waals surface area (Å²) >= 11 is 0. The highest BCUT2D eigenvalue weighted by Gasteiger charge is 2.30. The maximum Gasteiger partial charge on any atom is 0.227 e. The number of benzene rings is 1. The van der Waals surface area contributed by atoms with Crippen LogP contribution in [0, 0.1) is 18.8 Å². The van der Waals surface area contributed by atoms with Crippen LogP contribution in [0.1, 0.15) is 38.7 Å². The molecule has 0 spiro atoms. The van der Waals surface area contributed by atoms with E-state index in [-0.39, 0.29) is 24.4 Å². The van der Waals surface area contributed by atoms with E-state index in [2.05, 4.69) is 12.2 Å². The molecule has 0 aliphatic carbocycles. The zero-order valence-corrected chi connectivity index (χ0v) is 15.7. The summed E-state index contributed by atoms with van der Waals surface area (Å²) in [5.74, 6) is 2.10. The molecular formula is C19H29ClN2O2. The number of carbonyl (C=O) groups excluding carboxylic acids is 1. The first-order valence-corrected chi connectivity index (χ1v) is 8.83. The molecular weight excluding hydrogens is 324 g/mol. The minimum atomic E-state index is 0. The third-order valence-corrected chi connectivity index (χ3v) is 5.11. The number of fused-ring (bicyclic) bond motifs is 1. The predicted octanol–water partition coefficient (Wildman–Crippen LogP) is 3.56. The van der Waals surface area contributed by atoms with Gasteiger partial charge in [-0.25, -0.2) is 0 Å². The van der Waals surface area contributed by atoms with Crippen LogP contribution in [0.25, 0.3) is 0 Å². The molecule has 2 aliphatic rings.